The quantitative estimate of drug-likeness (QED) is 0.717. The standard InChI is InChI=1S/C15H14BrClO/c1-18-14-7-5-12(6-8-14)15(16)10-11-3-2-4-13(17)9-11/h2-9,15H,10H2,1H3. The summed E-state index contributed by atoms with van der Waals surface area (Å²) in [6, 6.07) is 16.0. The molecule has 1 nitrogen and oxygen atoms in total. The van der Waals surface area contributed by atoms with Crippen LogP contribution in [0.3, 0.4) is 0 Å². The minimum atomic E-state index is 0.280. The third kappa shape index (κ3) is 3.50. The summed E-state index contributed by atoms with van der Waals surface area (Å²) in [5.41, 5.74) is 2.45. The molecule has 0 saturated heterocycles. The highest BCUT2D eigenvalue weighted by molar-refractivity contribution is 9.09. The zero-order chi connectivity index (χ0) is 13.0. The molecule has 3 heteroatoms. The Balaban J connectivity index is 2.09. The van der Waals surface area contributed by atoms with E-state index in [0.717, 1.165) is 17.2 Å². The molecule has 0 saturated carbocycles. The Hall–Kier alpha value is -0.990. The van der Waals surface area contributed by atoms with E-state index in [-0.39, 0.29) is 4.83 Å². The van der Waals surface area contributed by atoms with Crippen LogP contribution in [0.15, 0.2) is 48.5 Å². The molecule has 0 spiro atoms. The average Bonchev–Trinajstić information content (AvgIpc) is 2.39. The maximum atomic E-state index is 5.98. The molecule has 2 aromatic rings. The summed E-state index contributed by atoms with van der Waals surface area (Å²) in [6.45, 7) is 0. The molecular formula is C15H14BrClO. The Morgan fingerprint density at radius 1 is 1.17 bits per heavy atom. The topological polar surface area (TPSA) is 9.23 Å². The molecule has 0 radical (unpaired) electrons. The molecule has 2 aromatic carbocycles. The molecule has 2 rings (SSSR count). The van der Waals surface area contributed by atoms with Gasteiger partial charge in [0.25, 0.3) is 0 Å². The zero-order valence-electron chi connectivity index (χ0n) is 10.1. The molecule has 0 aliphatic carbocycles. The highest BCUT2D eigenvalue weighted by Gasteiger charge is 2.08. The lowest BCUT2D eigenvalue weighted by Crippen LogP contribution is -1.95. The van der Waals surface area contributed by atoms with Crippen LogP contribution < -0.4 is 4.74 Å². The lowest BCUT2D eigenvalue weighted by atomic mass is 10.0. The van der Waals surface area contributed by atoms with Crippen LogP contribution in [0.5, 0.6) is 5.75 Å². The van der Waals surface area contributed by atoms with Crippen molar-refractivity contribution in [1.82, 2.24) is 0 Å². The molecule has 1 atom stereocenters. The molecule has 1 unspecified atom stereocenters. The monoisotopic (exact) mass is 324 g/mol. The first-order valence-electron chi connectivity index (χ1n) is 5.71. The minimum Gasteiger partial charge on any atom is -0.497 e. The lowest BCUT2D eigenvalue weighted by molar-refractivity contribution is 0.414. The fraction of sp³-hybridized carbons (Fsp3) is 0.200. The van der Waals surface area contributed by atoms with Gasteiger partial charge in [-0.2, -0.15) is 0 Å². The van der Waals surface area contributed by atoms with E-state index in [2.05, 4.69) is 34.1 Å². The molecule has 0 fully saturated rings. The first kappa shape index (κ1) is 13.4. The van der Waals surface area contributed by atoms with Gasteiger partial charge in [0.15, 0.2) is 0 Å². The second kappa shape index (κ2) is 6.26. The van der Waals surface area contributed by atoms with Gasteiger partial charge in [0.05, 0.1) is 7.11 Å². The molecule has 94 valence electrons. The Bertz CT molecular complexity index is 510. The zero-order valence-corrected chi connectivity index (χ0v) is 12.4. The van der Waals surface area contributed by atoms with Crippen molar-refractivity contribution in [3.8, 4) is 5.75 Å². The van der Waals surface area contributed by atoms with Gasteiger partial charge >= 0.3 is 0 Å². The van der Waals surface area contributed by atoms with E-state index >= 15 is 0 Å². The van der Waals surface area contributed by atoms with Gasteiger partial charge in [-0.3, -0.25) is 0 Å². The van der Waals surface area contributed by atoms with E-state index < -0.39 is 0 Å². The van der Waals surface area contributed by atoms with Crippen molar-refractivity contribution in [2.45, 2.75) is 11.2 Å². The highest BCUT2D eigenvalue weighted by atomic mass is 79.9. The van der Waals surface area contributed by atoms with Crippen molar-refractivity contribution in [2.24, 2.45) is 0 Å². The van der Waals surface area contributed by atoms with Gasteiger partial charge in [0.1, 0.15) is 5.75 Å². The predicted molar refractivity (Wildman–Crippen MR) is 79.8 cm³/mol. The van der Waals surface area contributed by atoms with Crippen LogP contribution in [0, 0.1) is 0 Å². The van der Waals surface area contributed by atoms with Crippen molar-refractivity contribution in [1.29, 1.82) is 0 Å². The number of methoxy groups -OCH3 is 1. The number of benzene rings is 2. The van der Waals surface area contributed by atoms with Gasteiger partial charge < -0.3 is 4.74 Å². The summed E-state index contributed by atoms with van der Waals surface area (Å²) < 4.78 is 5.15. The molecular weight excluding hydrogens is 312 g/mol. The smallest absolute Gasteiger partial charge is 0.118 e. The van der Waals surface area contributed by atoms with Gasteiger partial charge in [0, 0.05) is 9.85 Å². The molecule has 0 N–H and O–H groups in total. The molecule has 0 amide bonds. The van der Waals surface area contributed by atoms with Crippen LogP contribution in [0.2, 0.25) is 5.02 Å². The Labute approximate surface area is 121 Å². The maximum Gasteiger partial charge on any atom is 0.118 e. The summed E-state index contributed by atoms with van der Waals surface area (Å²) in [6.07, 6.45) is 0.910. The number of hydrogen-bond donors (Lipinski definition) is 0. The van der Waals surface area contributed by atoms with E-state index in [0.29, 0.717) is 0 Å². The minimum absolute atomic E-state index is 0.280. The first-order chi connectivity index (χ1) is 8.69. The predicted octanol–water partition coefficient (Wildman–Crippen LogP) is 5.03. The van der Waals surface area contributed by atoms with E-state index in [1.165, 1.54) is 11.1 Å². The van der Waals surface area contributed by atoms with E-state index in [1.807, 2.05) is 30.3 Å². The first-order valence-corrected chi connectivity index (χ1v) is 7.01. The normalized spacial score (nSPS) is 12.2. The van der Waals surface area contributed by atoms with Crippen molar-refractivity contribution >= 4 is 27.5 Å². The summed E-state index contributed by atoms with van der Waals surface area (Å²) >= 11 is 9.69. The van der Waals surface area contributed by atoms with Crippen LogP contribution in [0.4, 0.5) is 0 Å². The van der Waals surface area contributed by atoms with Crippen LogP contribution in [0.25, 0.3) is 0 Å². The van der Waals surface area contributed by atoms with Crippen molar-refractivity contribution in [2.75, 3.05) is 7.11 Å². The fourth-order valence-electron chi connectivity index (χ4n) is 1.80. The second-order valence-electron chi connectivity index (χ2n) is 4.07. The van der Waals surface area contributed by atoms with Crippen molar-refractivity contribution in [3.05, 3.63) is 64.7 Å². The van der Waals surface area contributed by atoms with Gasteiger partial charge in [0.2, 0.25) is 0 Å². The van der Waals surface area contributed by atoms with E-state index in [9.17, 15) is 0 Å². The third-order valence-electron chi connectivity index (χ3n) is 2.78. The third-order valence-corrected chi connectivity index (χ3v) is 3.87. The largest absolute Gasteiger partial charge is 0.497 e. The number of rotatable bonds is 4. The van der Waals surface area contributed by atoms with E-state index in [1.54, 1.807) is 7.11 Å². The Morgan fingerprint density at radius 3 is 2.50 bits per heavy atom. The Kier molecular flexibility index (Phi) is 4.67. The van der Waals surface area contributed by atoms with Gasteiger partial charge in [-0.1, -0.05) is 51.8 Å². The molecule has 0 aliphatic rings. The van der Waals surface area contributed by atoms with Crippen LogP contribution in [-0.4, -0.2) is 7.11 Å². The summed E-state index contributed by atoms with van der Waals surface area (Å²) in [4.78, 5) is 0.280. The number of halogens is 2. The van der Waals surface area contributed by atoms with Gasteiger partial charge in [-0.05, 0) is 41.8 Å². The van der Waals surface area contributed by atoms with Crippen LogP contribution in [-0.2, 0) is 6.42 Å². The summed E-state index contributed by atoms with van der Waals surface area (Å²) in [5, 5.41) is 0.780. The Morgan fingerprint density at radius 2 is 1.89 bits per heavy atom. The van der Waals surface area contributed by atoms with Crippen molar-refractivity contribution in [3.63, 3.8) is 0 Å². The van der Waals surface area contributed by atoms with Gasteiger partial charge in [-0.25, -0.2) is 0 Å². The van der Waals surface area contributed by atoms with Gasteiger partial charge in [-0.15, -0.1) is 0 Å². The summed E-state index contributed by atoms with van der Waals surface area (Å²) in [5.74, 6) is 0.876. The molecule has 0 aromatic heterocycles. The fourth-order valence-corrected chi connectivity index (χ4v) is 2.69. The number of ether oxygens (including phenoxy) is 1. The van der Waals surface area contributed by atoms with Crippen LogP contribution >= 0.6 is 27.5 Å². The van der Waals surface area contributed by atoms with Crippen LogP contribution in [0.1, 0.15) is 16.0 Å². The molecule has 0 heterocycles. The average molecular weight is 326 g/mol. The number of alkyl halides is 1. The highest BCUT2D eigenvalue weighted by Crippen LogP contribution is 2.29. The summed E-state index contributed by atoms with van der Waals surface area (Å²) in [7, 11) is 1.67. The second-order valence-corrected chi connectivity index (χ2v) is 5.62. The SMILES string of the molecule is COc1ccc(C(Br)Cc2cccc(Cl)c2)cc1. The van der Waals surface area contributed by atoms with E-state index in [4.69, 9.17) is 16.3 Å². The molecule has 18 heavy (non-hydrogen) atoms. The lowest BCUT2D eigenvalue weighted by Gasteiger charge is -2.11. The van der Waals surface area contributed by atoms with Crippen molar-refractivity contribution < 1.29 is 4.74 Å². The number of hydrogen-bond acceptors (Lipinski definition) is 1. The molecule has 0 bridgehead atoms. The maximum absolute atomic E-state index is 5.98. The molecule has 0 aliphatic heterocycles.